The summed E-state index contributed by atoms with van der Waals surface area (Å²) in [5.74, 6) is 5.77. The summed E-state index contributed by atoms with van der Waals surface area (Å²) in [7, 11) is 3.42. The van der Waals surface area contributed by atoms with Crippen LogP contribution >= 0.6 is 0 Å². The number of anilines is 1. The average Bonchev–Trinajstić information content (AvgIpc) is 2.59. The molecular weight excluding hydrogens is 302 g/mol. The topological polar surface area (TPSA) is 61.4 Å². The van der Waals surface area contributed by atoms with Crippen LogP contribution in [0.15, 0.2) is 54.6 Å². The molecule has 0 aliphatic rings. The number of amides is 3. The van der Waals surface area contributed by atoms with E-state index in [1.54, 1.807) is 38.4 Å². The van der Waals surface area contributed by atoms with E-state index in [2.05, 4.69) is 22.5 Å². The number of benzene rings is 2. The van der Waals surface area contributed by atoms with Gasteiger partial charge < -0.3 is 15.5 Å². The zero-order valence-electron chi connectivity index (χ0n) is 13.7. The Hall–Kier alpha value is -3.26. The molecule has 0 aliphatic carbocycles. The van der Waals surface area contributed by atoms with Crippen molar-refractivity contribution in [2.75, 3.05) is 26.0 Å². The fourth-order valence-electron chi connectivity index (χ4n) is 1.92. The van der Waals surface area contributed by atoms with E-state index in [1.165, 1.54) is 4.90 Å². The zero-order chi connectivity index (χ0) is 17.4. The molecule has 0 atom stereocenters. The molecule has 0 spiro atoms. The molecule has 2 aromatic rings. The van der Waals surface area contributed by atoms with Crippen LogP contribution in [-0.4, -0.2) is 37.5 Å². The van der Waals surface area contributed by atoms with Crippen molar-refractivity contribution in [2.24, 2.45) is 0 Å². The second-order valence-corrected chi connectivity index (χ2v) is 5.25. The van der Waals surface area contributed by atoms with E-state index in [0.717, 1.165) is 11.3 Å². The summed E-state index contributed by atoms with van der Waals surface area (Å²) in [4.78, 5) is 25.0. The molecule has 5 heteroatoms. The number of hydrogen-bond acceptors (Lipinski definition) is 2. The second-order valence-electron chi connectivity index (χ2n) is 5.25. The maximum absolute atomic E-state index is 11.8. The number of para-hydroxylation sites is 1. The number of nitrogens with zero attached hydrogens (tertiary/aromatic N) is 1. The van der Waals surface area contributed by atoms with Crippen molar-refractivity contribution in [2.45, 2.75) is 0 Å². The zero-order valence-corrected chi connectivity index (χ0v) is 13.7. The fourth-order valence-corrected chi connectivity index (χ4v) is 1.92. The van der Waals surface area contributed by atoms with E-state index in [0.29, 0.717) is 5.56 Å². The van der Waals surface area contributed by atoms with Crippen LogP contribution in [0.2, 0.25) is 0 Å². The third kappa shape index (κ3) is 5.18. The Bertz CT molecular complexity index is 757. The molecule has 0 fully saturated rings. The van der Waals surface area contributed by atoms with E-state index in [-0.39, 0.29) is 18.5 Å². The van der Waals surface area contributed by atoms with Gasteiger partial charge in [0.1, 0.15) is 0 Å². The largest absolute Gasteiger partial charge is 0.345 e. The lowest BCUT2D eigenvalue weighted by Crippen LogP contribution is -2.28. The van der Waals surface area contributed by atoms with Crippen LogP contribution in [0.5, 0.6) is 0 Å². The highest BCUT2D eigenvalue weighted by Gasteiger charge is 2.06. The highest BCUT2D eigenvalue weighted by atomic mass is 16.2. The third-order valence-corrected chi connectivity index (χ3v) is 3.14. The van der Waals surface area contributed by atoms with E-state index in [9.17, 15) is 9.59 Å². The van der Waals surface area contributed by atoms with Crippen LogP contribution < -0.4 is 10.6 Å². The van der Waals surface area contributed by atoms with Gasteiger partial charge >= 0.3 is 6.03 Å². The molecule has 0 bridgehead atoms. The van der Waals surface area contributed by atoms with Crippen molar-refractivity contribution in [1.82, 2.24) is 10.2 Å². The lowest BCUT2D eigenvalue weighted by Gasteiger charge is -2.09. The number of carbonyl (C=O) groups excluding carboxylic acids is 2. The van der Waals surface area contributed by atoms with Crippen molar-refractivity contribution in [3.8, 4) is 11.8 Å². The summed E-state index contributed by atoms with van der Waals surface area (Å²) in [6, 6.07) is 15.9. The molecule has 5 nitrogen and oxygen atoms in total. The van der Waals surface area contributed by atoms with Gasteiger partial charge in [-0.3, -0.25) is 4.79 Å². The number of nitrogens with one attached hydrogen (secondary N) is 2. The summed E-state index contributed by atoms with van der Waals surface area (Å²) >= 11 is 0. The molecule has 2 aromatic carbocycles. The summed E-state index contributed by atoms with van der Waals surface area (Å²) in [5, 5.41) is 5.37. The molecule has 0 saturated heterocycles. The first kappa shape index (κ1) is 17.1. The molecule has 0 heterocycles. The smallest absolute Gasteiger partial charge is 0.319 e. The van der Waals surface area contributed by atoms with Crippen LogP contribution in [0, 0.1) is 11.8 Å². The lowest BCUT2D eigenvalue weighted by molar-refractivity contribution is 0.0827. The minimum absolute atomic E-state index is 0.0474. The van der Waals surface area contributed by atoms with Gasteiger partial charge in [-0.1, -0.05) is 30.0 Å². The highest BCUT2D eigenvalue weighted by molar-refractivity contribution is 5.94. The van der Waals surface area contributed by atoms with Gasteiger partial charge in [-0.25, -0.2) is 4.79 Å². The molecular formula is C19H19N3O2. The van der Waals surface area contributed by atoms with E-state index in [4.69, 9.17) is 0 Å². The van der Waals surface area contributed by atoms with Crippen molar-refractivity contribution < 1.29 is 9.59 Å². The number of rotatable bonds is 3. The molecule has 24 heavy (non-hydrogen) atoms. The first-order valence-corrected chi connectivity index (χ1v) is 7.47. The van der Waals surface area contributed by atoms with Crippen molar-refractivity contribution in [1.29, 1.82) is 0 Å². The molecule has 122 valence electrons. The molecule has 3 amide bonds. The highest BCUT2D eigenvalue weighted by Crippen LogP contribution is 2.05. The minimum Gasteiger partial charge on any atom is -0.345 e. The Morgan fingerprint density at radius 3 is 2.29 bits per heavy atom. The monoisotopic (exact) mass is 321 g/mol. The standard InChI is InChI=1S/C19H19N3O2/c1-22(2)18(23)16-12-10-15(11-13-16)7-6-14-20-19(24)21-17-8-4-3-5-9-17/h3-5,8-13H,14H2,1-2H3,(H2,20,21,24). The van der Waals surface area contributed by atoms with Crippen molar-refractivity contribution in [3.05, 3.63) is 65.7 Å². The Morgan fingerprint density at radius 1 is 1.00 bits per heavy atom. The van der Waals surface area contributed by atoms with Crippen molar-refractivity contribution >= 4 is 17.6 Å². The number of urea groups is 1. The van der Waals surface area contributed by atoms with E-state index >= 15 is 0 Å². The maximum Gasteiger partial charge on any atom is 0.319 e. The molecule has 0 unspecified atom stereocenters. The van der Waals surface area contributed by atoms with Crippen LogP contribution in [0.3, 0.4) is 0 Å². The van der Waals surface area contributed by atoms with Gasteiger partial charge in [0.25, 0.3) is 5.91 Å². The Kier molecular flexibility index (Phi) is 5.98. The average molecular weight is 321 g/mol. The normalized spacial score (nSPS) is 9.42. The second kappa shape index (κ2) is 8.39. The molecule has 2 rings (SSSR count). The quantitative estimate of drug-likeness (QED) is 0.854. The van der Waals surface area contributed by atoms with Crippen LogP contribution in [0.1, 0.15) is 15.9 Å². The van der Waals surface area contributed by atoms with Gasteiger partial charge in [0.15, 0.2) is 0 Å². The molecule has 0 saturated carbocycles. The number of hydrogen-bond donors (Lipinski definition) is 2. The van der Waals surface area contributed by atoms with Crippen LogP contribution in [-0.2, 0) is 0 Å². The predicted molar refractivity (Wildman–Crippen MR) is 94.8 cm³/mol. The van der Waals surface area contributed by atoms with Gasteiger partial charge in [0, 0.05) is 30.9 Å². The minimum atomic E-state index is -0.303. The van der Waals surface area contributed by atoms with Gasteiger partial charge in [0.05, 0.1) is 6.54 Å². The first-order valence-electron chi connectivity index (χ1n) is 7.47. The third-order valence-electron chi connectivity index (χ3n) is 3.14. The van der Waals surface area contributed by atoms with Gasteiger partial charge in [-0.2, -0.15) is 0 Å². The summed E-state index contributed by atoms with van der Waals surface area (Å²) in [5.41, 5.74) is 2.13. The van der Waals surface area contributed by atoms with Crippen molar-refractivity contribution in [3.63, 3.8) is 0 Å². The maximum atomic E-state index is 11.8. The Morgan fingerprint density at radius 2 is 1.67 bits per heavy atom. The van der Waals surface area contributed by atoms with Gasteiger partial charge in [-0.05, 0) is 36.4 Å². The predicted octanol–water partition coefficient (Wildman–Crippen LogP) is 2.56. The van der Waals surface area contributed by atoms with Crippen LogP contribution in [0.4, 0.5) is 10.5 Å². The number of carbonyl (C=O) groups is 2. The SMILES string of the molecule is CN(C)C(=O)c1ccc(C#CCNC(=O)Nc2ccccc2)cc1. The molecule has 0 aliphatic heterocycles. The van der Waals surface area contributed by atoms with Crippen LogP contribution in [0.25, 0.3) is 0 Å². The molecule has 2 N–H and O–H groups in total. The van der Waals surface area contributed by atoms with E-state index in [1.807, 2.05) is 30.3 Å². The summed E-state index contributed by atoms with van der Waals surface area (Å²) in [6.45, 7) is 0.233. The fraction of sp³-hybridized carbons (Fsp3) is 0.158. The summed E-state index contributed by atoms with van der Waals surface area (Å²) in [6.07, 6.45) is 0. The van der Waals surface area contributed by atoms with Gasteiger partial charge in [0.2, 0.25) is 0 Å². The molecule has 0 radical (unpaired) electrons. The Balaban J connectivity index is 1.83. The molecule has 0 aromatic heterocycles. The first-order chi connectivity index (χ1) is 11.6. The lowest BCUT2D eigenvalue weighted by atomic mass is 10.1. The van der Waals surface area contributed by atoms with Gasteiger partial charge in [-0.15, -0.1) is 0 Å². The summed E-state index contributed by atoms with van der Waals surface area (Å²) < 4.78 is 0. The van der Waals surface area contributed by atoms with E-state index < -0.39 is 0 Å². The Labute approximate surface area is 141 Å².